The second-order valence-corrected chi connectivity index (χ2v) is 6.25. The van der Waals surface area contributed by atoms with Gasteiger partial charge in [-0.3, -0.25) is 5.41 Å². The van der Waals surface area contributed by atoms with Gasteiger partial charge in [-0.05, 0) is 40.9 Å². The molecule has 0 unspecified atom stereocenters. The van der Waals surface area contributed by atoms with Crippen molar-refractivity contribution in [2.75, 3.05) is 18.5 Å². The summed E-state index contributed by atoms with van der Waals surface area (Å²) in [4.78, 5) is 1.72. The van der Waals surface area contributed by atoms with Crippen molar-refractivity contribution < 1.29 is 9.50 Å². The molecule has 0 spiro atoms. The second kappa shape index (κ2) is 5.69. The van der Waals surface area contributed by atoms with Crippen LogP contribution < -0.4 is 10.6 Å². The van der Waals surface area contributed by atoms with Gasteiger partial charge in [-0.2, -0.15) is 0 Å². The lowest BCUT2D eigenvalue weighted by Gasteiger charge is -2.30. The summed E-state index contributed by atoms with van der Waals surface area (Å²) in [5, 5.41) is 17.8. The maximum atomic E-state index is 14.3. The Labute approximate surface area is 126 Å². The molecule has 0 bridgehead atoms. The summed E-state index contributed by atoms with van der Waals surface area (Å²) in [6.45, 7) is 0.399. The molecule has 1 aliphatic carbocycles. The Morgan fingerprint density at radius 2 is 2.10 bits per heavy atom. The molecule has 0 atom stereocenters. The Hall–Kier alpha value is -1.14. The van der Waals surface area contributed by atoms with Crippen molar-refractivity contribution in [3.8, 4) is 0 Å². The molecule has 20 heavy (non-hydrogen) atoms. The van der Waals surface area contributed by atoms with Gasteiger partial charge in [0, 0.05) is 19.2 Å². The van der Waals surface area contributed by atoms with Gasteiger partial charge in [0.2, 0.25) is 0 Å². The summed E-state index contributed by atoms with van der Waals surface area (Å²) < 4.78 is 14.5. The lowest BCUT2D eigenvalue weighted by Crippen LogP contribution is -2.39. The van der Waals surface area contributed by atoms with Crippen LogP contribution in [0, 0.1) is 11.2 Å². The number of hydrogen-bond acceptors (Lipinski definition) is 3. The Balaban J connectivity index is 2.24. The van der Waals surface area contributed by atoms with Crippen LogP contribution in [-0.4, -0.2) is 30.1 Å². The average Bonchev–Trinajstić information content (AvgIpc) is 2.78. The van der Waals surface area contributed by atoms with Crippen molar-refractivity contribution >= 4 is 27.5 Å². The molecule has 1 fully saturated rings. The smallest absolute Gasteiger partial charge is 0.161 e. The van der Waals surface area contributed by atoms with Crippen LogP contribution in [0.5, 0.6) is 0 Å². The maximum absolute atomic E-state index is 14.3. The highest BCUT2D eigenvalue weighted by molar-refractivity contribution is 9.10. The van der Waals surface area contributed by atoms with E-state index < -0.39 is 11.4 Å². The number of aliphatic hydroxyl groups is 1. The van der Waals surface area contributed by atoms with Crippen molar-refractivity contribution in [3.05, 3.63) is 28.0 Å². The van der Waals surface area contributed by atoms with E-state index in [1.807, 2.05) is 0 Å². The molecule has 4 nitrogen and oxygen atoms in total. The molecule has 1 aliphatic rings. The zero-order chi connectivity index (χ0) is 14.9. The number of nitrogen functional groups attached to an aromatic ring is 1. The van der Waals surface area contributed by atoms with Crippen LogP contribution in [0.25, 0.3) is 0 Å². The highest BCUT2D eigenvalue weighted by Crippen LogP contribution is 2.33. The summed E-state index contributed by atoms with van der Waals surface area (Å²) in [7, 11) is 1.76. The number of halogens is 2. The summed E-state index contributed by atoms with van der Waals surface area (Å²) in [6, 6.07) is 3.20. The number of amidine groups is 1. The third-order valence-electron chi connectivity index (χ3n) is 3.83. The molecule has 1 saturated carbocycles. The molecule has 0 amide bonds. The van der Waals surface area contributed by atoms with Gasteiger partial charge in [-0.25, -0.2) is 4.39 Å². The molecule has 110 valence electrons. The summed E-state index contributed by atoms with van der Waals surface area (Å²) in [6.07, 6.45) is 3.54. The highest BCUT2D eigenvalue weighted by Gasteiger charge is 2.33. The number of nitrogens with two attached hydrogens (primary N) is 1. The summed E-state index contributed by atoms with van der Waals surface area (Å²) in [5.74, 6) is -0.638. The van der Waals surface area contributed by atoms with Gasteiger partial charge in [0.1, 0.15) is 5.84 Å². The SMILES string of the molecule is CN(CC1(O)CCCC1)c1ccc(C(=N)N)c(Br)c1F. The molecule has 6 heteroatoms. The van der Waals surface area contributed by atoms with Crippen molar-refractivity contribution in [1.82, 2.24) is 0 Å². The van der Waals surface area contributed by atoms with Gasteiger partial charge in [0.05, 0.1) is 15.8 Å². The minimum absolute atomic E-state index is 0.181. The van der Waals surface area contributed by atoms with Crippen LogP contribution in [0.3, 0.4) is 0 Å². The molecular formula is C14H19BrFN3O. The molecule has 2 rings (SSSR count). The van der Waals surface area contributed by atoms with Crippen LogP contribution in [0.4, 0.5) is 10.1 Å². The van der Waals surface area contributed by atoms with Crippen LogP contribution in [-0.2, 0) is 0 Å². The first-order chi connectivity index (χ1) is 9.34. The lowest BCUT2D eigenvalue weighted by molar-refractivity contribution is 0.0558. The minimum Gasteiger partial charge on any atom is -0.388 e. The quantitative estimate of drug-likeness (QED) is 0.581. The van der Waals surface area contributed by atoms with E-state index in [1.54, 1.807) is 24.1 Å². The van der Waals surface area contributed by atoms with Gasteiger partial charge < -0.3 is 15.7 Å². The predicted molar refractivity (Wildman–Crippen MR) is 81.8 cm³/mol. The lowest BCUT2D eigenvalue weighted by atomic mass is 10.0. The first-order valence-corrected chi connectivity index (χ1v) is 7.39. The fourth-order valence-corrected chi connectivity index (χ4v) is 3.31. The van der Waals surface area contributed by atoms with Gasteiger partial charge in [-0.1, -0.05) is 12.8 Å². The van der Waals surface area contributed by atoms with E-state index in [2.05, 4.69) is 15.9 Å². The number of nitrogens with one attached hydrogen (secondary N) is 1. The van der Waals surface area contributed by atoms with E-state index in [0.717, 1.165) is 25.7 Å². The molecule has 0 saturated heterocycles. The van der Waals surface area contributed by atoms with Crippen LogP contribution >= 0.6 is 15.9 Å². The number of rotatable bonds is 4. The zero-order valence-corrected chi connectivity index (χ0v) is 13.0. The largest absolute Gasteiger partial charge is 0.388 e. The number of hydrogen-bond donors (Lipinski definition) is 3. The molecule has 4 N–H and O–H groups in total. The Bertz CT molecular complexity index is 529. The molecule has 0 radical (unpaired) electrons. The monoisotopic (exact) mass is 343 g/mol. The normalized spacial score (nSPS) is 17.2. The first-order valence-electron chi connectivity index (χ1n) is 6.60. The Morgan fingerprint density at radius 3 is 2.65 bits per heavy atom. The molecule has 0 aliphatic heterocycles. The van der Waals surface area contributed by atoms with Gasteiger partial charge >= 0.3 is 0 Å². The van der Waals surface area contributed by atoms with Gasteiger partial charge in [-0.15, -0.1) is 0 Å². The van der Waals surface area contributed by atoms with Crippen molar-refractivity contribution in [2.24, 2.45) is 5.73 Å². The third kappa shape index (κ3) is 2.96. The van der Waals surface area contributed by atoms with E-state index in [1.165, 1.54) is 0 Å². The van der Waals surface area contributed by atoms with Gasteiger partial charge in [0.15, 0.2) is 5.82 Å². The molecule has 1 aromatic carbocycles. The summed E-state index contributed by atoms with van der Waals surface area (Å²) >= 11 is 3.14. The summed E-state index contributed by atoms with van der Waals surface area (Å²) in [5.41, 5.74) is 5.39. The zero-order valence-electron chi connectivity index (χ0n) is 11.4. The van der Waals surface area contributed by atoms with E-state index >= 15 is 0 Å². The maximum Gasteiger partial charge on any atom is 0.161 e. The fraction of sp³-hybridized carbons (Fsp3) is 0.500. The van der Waals surface area contributed by atoms with Crippen LogP contribution in [0.2, 0.25) is 0 Å². The number of nitrogens with zero attached hydrogens (tertiary/aromatic N) is 1. The van der Waals surface area contributed by atoms with E-state index in [4.69, 9.17) is 11.1 Å². The second-order valence-electron chi connectivity index (χ2n) is 5.46. The highest BCUT2D eigenvalue weighted by atomic mass is 79.9. The standard InChI is InChI=1S/C14H19BrFN3O/c1-19(8-14(20)6-2-3-7-14)10-5-4-9(13(17)18)11(15)12(10)16/h4-5,20H,2-3,6-8H2,1H3,(H3,17,18). The predicted octanol–water partition coefficient (Wildman–Crippen LogP) is 2.61. The van der Waals surface area contributed by atoms with Gasteiger partial charge in [0.25, 0.3) is 0 Å². The first kappa shape index (κ1) is 15.3. The van der Waals surface area contributed by atoms with E-state index in [0.29, 0.717) is 17.8 Å². The minimum atomic E-state index is -0.729. The molecule has 0 heterocycles. The van der Waals surface area contributed by atoms with E-state index in [-0.39, 0.29) is 10.3 Å². The molecule has 1 aromatic rings. The van der Waals surface area contributed by atoms with E-state index in [9.17, 15) is 9.50 Å². The Kier molecular flexibility index (Phi) is 4.34. The van der Waals surface area contributed by atoms with Crippen molar-refractivity contribution in [3.63, 3.8) is 0 Å². The third-order valence-corrected chi connectivity index (χ3v) is 4.60. The van der Waals surface area contributed by atoms with Crippen molar-refractivity contribution in [1.29, 1.82) is 5.41 Å². The molecular weight excluding hydrogens is 325 g/mol. The number of anilines is 1. The fourth-order valence-electron chi connectivity index (χ4n) is 2.76. The number of benzene rings is 1. The van der Waals surface area contributed by atoms with Crippen LogP contribution in [0.15, 0.2) is 16.6 Å². The van der Waals surface area contributed by atoms with Crippen LogP contribution in [0.1, 0.15) is 31.2 Å². The molecule has 0 aromatic heterocycles. The number of likely N-dealkylation sites (N-methyl/N-ethyl adjacent to an activating group) is 1. The van der Waals surface area contributed by atoms with Crippen molar-refractivity contribution in [2.45, 2.75) is 31.3 Å². The Morgan fingerprint density at radius 1 is 1.50 bits per heavy atom. The average molecular weight is 344 g/mol. The topological polar surface area (TPSA) is 73.3 Å².